The Hall–Kier alpha value is -2.20. The average molecular weight is 442 g/mol. The minimum absolute atomic E-state index is 0.173. The van der Waals surface area contributed by atoms with Crippen LogP contribution in [0.2, 0.25) is 5.02 Å². The van der Waals surface area contributed by atoms with Crippen LogP contribution in [0, 0.1) is 5.82 Å². The molecule has 0 aliphatic carbocycles. The molecule has 1 fully saturated rings. The van der Waals surface area contributed by atoms with Gasteiger partial charge in [-0.25, -0.2) is 17.1 Å². The highest BCUT2D eigenvalue weighted by Gasteiger charge is 2.23. The molecular weight excluding hydrogens is 421 g/mol. The number of amides is 1. The molecule has 3 rings (SSSR count). The Morgan fingerprint density at radius 2 is 1.86 bits per heavy atom. The molecule has 1 saturated heterocycles. The van der Waals surface area contributed by atoms with Crippen molar-refractivity contribution in [2.75, 3.05) is 50.6 Å². The van der Waals surface area contributed by atoms with Crippen LogP contribution in [0.25, 0.3) is 0 Å². The SMILES string of the molecule is CN(C)S(=O)(=O)c1ccc(F)c(C(=O)Nc2cc(Cl)ccc2N2CCOCC2)c1. The second-order valence-electron chi connectivity index (χ2n) is 6.64. The number of hydrogen-bond donors (Lipinski definition) is 1. The fourth-order valence-electron chi connectivity index (χ4n) is 2.93. The lowest BCUT2D eigenvalue weighted by Gasteiger charge is -2.30. The van der Waals surface area contributed by atoms with Crippen molar-refractivity contribution < 1.29 is 22.3 Å². The van der Waals surface area contributed by atoms with E-state index in [0.29, 0.717) is 37.0 Å². The van der Waals surface area contributed by atoms with Crippen LogP contribution in [0.3, 0.4) is 0 Å². The maximum Gasteiger partial charge on any atom is 0.258 e. The van der Waals surface area contributed by atoms with Crippen LogP contribution in [0.1, 0.15) is 10.4 Å². The van der Waals surface area contributed by atoms with E-state index in [9.17, 15) is 17.6 Å². The first-order chi connectivity index (χ1) is 13.7. The molecule has 7 nitrogen and oxygen atoms in total. The second kappa shape index (κ2) is 8.66. The van der Waals surface area contributed by atoms with Gasteiger partial charge in [0.15, 0.2) is 0 Å². The molecule has 1 aliphatic heterocycles. The van der Waals surface area contributed by atoms with E-state index in [1.54, 1.807) is 18.2 Å². The van der Waals surface area contributed by atoms with Gasteiger partial charge < -0.3 is 15.0 Å². The molecule has 1 aliphatic rings. The van der Waals surface area contributed by atoms with Gasteiger partial charge in [0.05, 0.1) is 35.0 Å². The van der Waals surface area contributed by atoms with Gasteiger partial charge in [0.1, 0.15) is 5.82 Å². The lowest BCUT2D eigenvalue weighted by Crippen LogP contribution is -2.36. The number of nitrogens with zero attached hydrogens (tertiary/aromatic N) is 2. The molecule has 29 heavy (non-hydrogen) atoms. The Kier molecular flexibility index (Phi) is 6.42. The van der Waals surface area contributed by atoms with Crippen molar-refractivity contribution >= 4 is 38.9 Å². The average Bonchev–Trinajstić information content (AvgIpc) is 2.68. The number of nitrogens with one attached hydrogen (secondary N) is 1. The highest BCUT2D eigenvalue weighted by atomic mass is 35.5. The van der Waals surface area contributed by atoms with E-state index in [1.165, 1.54) is 14.1 Å². The summed E-state index contributed by atoms with van der Waals surface area (Å²) >= 11 is 6.08. The van der Waals surface area contributed by atoms with Gasteiger partial charge in [0, 0.05) is 32.2 Å². The zero-order valence-corrected chi connectivity index (χ0v) is 17.6. The van der Waals surface area contributed by atoms with Crippen molar-refractivity contribution in [3.05, 3.63) is 52.8 Å². The minimum Gasteiger partial charge on any atom is -0.378 e. The van der Waals surface area contributed by atoms with Crippen molar-refractivity contribution in [2.24, 2.45) is 0 Å². The number of morpholine rings is 1. The fourth-order valence-corrected chi connectivity index (χ4v) is 4.03. The highest BCUT2D eigenvalue weighted by Crippen LogP contribution is 2.30. The highest BCUT2D eigenvalue weighted by molar-refractivity contribution is 7.89. The first-order valence-electron chi connectivity index (χ1n) is 8.86. The molecule has 0 spiro atoms. The molecule has 0 radical (unpaired) electrons. The van der Waals surface area contributed by atoms with Crippen LogP contribution in [0.4, 0.5) is 15.8 Å². The van der Waals surface area contributed by atoms with Crippen molar-refractivity contribution in [2.45, 2.75) is 4.90 Å². The Morgan fingerprint density at radius 3 is 2.52 bits per heavy atom. The first-order valence-corrected chi connectivity index (χ1v) is 10.7. The molecular formula is C19H21ClFN3O4S. The summed E-state index contributed by atoms with van der Waals surface area (Å²) in [6.07, 6.45) is 0. The van der Waals surface area contributed by atoms with E-state index in [0.717, 1.165) is 28.2 Å². The molecule has 0 atom stereocenters. The van der Waals surface area contributed by atoms with Gasteiger partial charge in [-0.05, 0) is 36.4 Å². The Labute approximate surface area is 174 Å². The molecule has 2 aromatic rings. The number of ether oxygens (including phenoxy) is 1. The third-order valence-corrected chi connectivity index (χ3v) is 6.57. The molecule has 0 aromatic heterocycles. The second-order valence-corrected chi connectivity index (χ2v) is 9.23. The number of carbonyl (C=O) groups is 1. The van der Waals surface area contributed by atoms with Crippen LogP contribution in [-0.2, 0) is 14.8 Å². The Bertz CT molecular complexity index is 1020. The number of rotatable bonds is 5. The third-order valence-electron chi connectivity index (χ3n) is 4.52. The van der Waals surface area contributed by atoms with Crippen molar-refractivity contribution in [1.29, 1.82) is 0 Å². The molecule has 1 amide bonds. The lowest BCUT2D eigenvalue weighted by molar-refractivity contribution is 0.102. The summed E-state index contributed by atoms with van der Waals surface area (Å²) in [4.78, 5) is 14.6. The summed E-state index contributed by atoms with van der Waals surface area (Å²) in [5.41, 5.74) is 0.758. The zero-order valence-electron chi connectivity index (χ0n) is 16.0. The van der Waals surface area contributed by atoms with Gasteiger partial charge in [-0.3, -0.25) is 4.79 Å². The first kappa shape index (κ1) is 21.5. The largest absolute Gasteiger partial charge is 0.378 e. The van der Waals surface area contributed by atoms with Crippen LogP contribution in [-0.4, -0.2) is 59.0 Å². The molecule has 156 valence electrons. The third kappa shape index (κ3) is 4.69. The summed E-state index contributed by atoms with van der Waals surface area (Å²) in [5.74, 6) is -1.59. The van der Waals surface area contributed by atoms with E-state index in [2.05, 4.69) is 5.32 Å². The molecule has 0 bridgehead atoms. The van der Waals surface area contributed by atoms with Gasteiger partial charge in [0.25, 0.3) is 5.91 Å². The number of halogens is 2. The predicted molar refractivity (Wildman–Crippen MR) is 110 cm³/mol. The van der Waals surface area contributed by atoms with E-state index in [1.807, 2.05) is 4.90 Å². The van der Waals surface area contributed by atoms with E-state index < -0.39 is 21.7 Å². The van der Waals surface area contributed by atoms with E-state index in [4.69, 9.17) is 16.3 Å². The molecule has 0 unspecified atom stereocenters. The minimum atomic E-state index is -3.81. The molecule has 1 heterocycles. The summed E-state index contributed by atoms with van der Waals surface area (Å²) in [5, 5.41) is 3.06. The Morgan fingerprint density at radius 1 is 1.17 bits per heavy atom. The fraction of sp³-hybridized carbons (Fsp3) is 0.316. The maximum absolute atomic E-state index is 14.3. The summed E-state index contributed by atoms with van der Waals surface area (Å²) in [6, 6.07) is 8.16. The van der Waals surface area contributed by atoms with Crippen LogP contribution in [0.15, 0.2) is 41.3 Å². The Balaban J connectivity index is 1.94. The number of sulfonamides is 1. The van der Waals surface area contributed by atoms with Crippen molar-refractivity contribution in [3.8, 4) is 0 Å². The predicted octanol–water partition coefficient (Wildman–Crippen LogP) is 2.82. The molecule has 10 heteroatoms. The lowest BCUT2D eigenvalue weighted by atomic mass is 10.1. The standard InChI is InChI=1S/C19H21ClFN3O4S/c1-23(2)29(26,27)14-4-5-16(21)15(12-14)19(25)22-17-11-13(20)3-6-18(17)24-7-9-28-10-8-24/h3-6,11-12H,7-10H2,1-2H3,(H,22,25). The van der Waals surface area contributed by atoms with Gasteiger partial charge in [-0.2, -0.15) is 0 Å². The normalized spacial score (nSPS) is 14.9. The smallest absolute Gasteiger partial charge is 0.258 e. The van der Waals surface area contributed by atoms with Crippen LogP contribution >= 0.6 is 11.6 Å². The summed E-state index contributed by atoms with van der Waals surface area (Å²) < 4.78 is 45.3. The number of anilines is 2. The van der Waals surface area contributed by atoms with Gasteiger partial charge in [0.2, 0.25) is 10.0 Å². The van der Waals surface area contributed by atoms with Gasteiger partial charge >= 0.3 is 0 Å². The van der Waals surface area contributed by atoms with Crippen LogP contribution in [0.5, 0.6) is 0 Å². The molecule has 2 aromatic carbocycles. The number of benzene rings is 2. The van der Waals surface area contributed by atoms with Gasteiger partial charge in [-0.1, -0.05) is 11.6 Å². The van der Waals surface area contributed by atoms with Crippen LogP contribution < -0.4 is 10.2 Å². The van der Waals surface area contributed by atoms with Gasteiger partial charge in [-0.15, -0.1) is 0 Å². The van der Waals surface area contributed by atoms with Crippen molar-refractivity contribution in [3.63, 3.8) is 0 Å². The monoisotopic (exact) mass is 441 g/mol. The summed E-state index contributed by atoms with van der Waals surface area (Å²) in [6.45, 7) is 2.37. The summed E-state index contributed by atoms with van der Waals surface area (Å²) in [7, 11) is -1.09. The van der Waals surface area contributed by atoms with Crippen molar-refractivity contribution in [1.82, 2.24) is 4.31 Å². The maximum atomic E-state index is 14.3. The number of hydrogen-bond acceptors (Lipinski definition) is 5. The topological polar surface area (TPSA) is 79.0 Å². The molecule has 0 saturated carbocycles. The molecule has 1 N–H and O–H groups in total. The zero-order chi connectivity index (χ0) is 21.2. The van der Waals surface area contributed by atoms with E-state index in [-0.39, 0.29) is 10.5 Å². The quantitative estimate of drug-likeness (QED) is 0.771. The number of carbonyl (C=O) groups excluding carboxylic acids is 1. The van der Waals surface area contributed by atoms with E-state index >= 15 is 0 Å².